The SMILES string of the molecule is COC(=O)/C=C/c1cc(-c2ccc(-c3ccccc3)cc2)ccc1C(=O)OC. The van der Waals surface area contributed by atoms with Crippen molar-refractivity contribution >= 4 is 18.0 Å². The summed E-state index contributed by atoms with van der Waals surface area (Å²) in [5.41, 5.74) is 5.17. The molecule has 0 saturated heterocycles. The average Bonchev–Trinajstić information content (AvgIpc) is 2.77. The molecule has 28 heavy (non-hydrogen) atoms. The van der Waals surface area contributed by atoms with E-state index in [1.807, 2.05) is 42.5 Å². The highest BCUT2D eigenvalue weighted by Crippen LogP contribution is 2.27. The molecule has 3 aromatic rings. The fourth-order valence-corrected chi connectivity index (χ4v) is 2.89. The number of carbonyl (C=O) groups is 2. The molecule has 0 aliphatic carbocycles. The average molecular weight is 372 g/mol. The van der Waals surface area contributed by atoms with Gasteiger partial charge in [0.25, 0.3) is 0 Å². The molecule has 4 nitrogen and oxygen atoms in total. The second-order valence-corrected chi connectivity index (χ2v) is 6.09. The van der Waals surface area contributed by atoms with Crippen molar-refractivity contribution in [2.45, 2.75) is 0 Å². The number of methoxy groups -OCH3 is 2. The van der Waals surface area contributed by atoms with Gasteiger partial charge in [0, 0.05) is 6.08 Å². The fourth-order valence-electron chi connectivity index (χ4n) is 2.89. The molecule has 0 bridgehead atoms. The van der Waals surface area contributed by atoms with Crippen molar-refractivity contribution < 1.29 is 19.1 Å². The van der Waals surface area contributed by atoms with Crippen LogP contribution in [-0.4, -0.2) is 26.2 Å². The molecule has 0 atom stereocenters. The van der Waals surface area contributed by atoms with E-state index in [1.165, 1.54) is 20.3 Å². The minimum Gasteiger partial charge on any atom is -0.466 e. The maximum absolute atomic E-state index is 12.0. The number of rotatable bonds is 5. The second-order valence-electron chi connectivity index (χ2n) is 6.09. The van der Waals surface area contributed by atoms with Crippen LogP contribution in [0.4, 0.5) is 0 Å². The van der Waals surface area contributed by atoms with Gasteiger partial charge in [0.1, 0.15) is 0 Å². The molecule has 0 aliphatic heterocycles. The van der Waals surface area contributed by atoms with Crippen molar-refractivity contribution in [2.24, 2.45) is 0 Å². The minimum atomic E-state index is -0.492. The van der Waals surface area contributed by atoms with E-state index in [2.05, 4.69) is 29.0 Å². The predicted molar refractivity (Wildman–Crippen MR) is 110 cm³/mol. The first-order valence-electron chi connectivity index (χ1n) is 8.76. The van der Waals surface area contributed by atoms with E-state index in [4.69, 9.17) is 4.74 Å². The topological polar surface area (TPSA) is 52.6 Å². The quantitative estimate of drug-likeness (QED) is 0.467. The largest absolute Gasteiger partial charge is 0.466 e. The van der Waals surface area contributed by atoms with Gasteiger partial charge in [0.2, 0.25) is 0 Å². The fraction of sp³-hybridized carbons (Fsp3) is 0.0833. The zero-order chi connectivity index (χ0) is 19.9. The van der Waals surface area contributed by atoms with Crippen LogP contribution >= 0.6 is 0 Å². The Morgan fingerprint density at radius 2 is 1.29 bits per heavy atom. The molecule has 0 radical (unpaired) electrons. The van der Waals surface area contributed by atoms with Gasteiger partial charge in [-0.15, -0.1) is 0 Å². The van der Waals surface area contributed by atoms with Crippen molar-refractivity contribution in [1.29, 1.82) is 0 Å². The summed E-state index contributed by atoms with van der Waals surface area (Å²) in [6.07, 6.45) is 2.84. The van der Waals surface area contributed by atoms with Crippen LogP contribution in [0.5, 0.6) is 0 Å². The van der Waals surface area contributed by atoms with Crippen LogP contribution in [0.15, 0.2) is 78.9 Å². The van der Waals surface area contributed by atoms with Crippen LogP contribution in [0.3, 0.4) is 0 Å². The summed E-state index contributed by atoms with van der Waals surface area (Å²) in [6, 6.07) is 23.7. The summed E-state index contributed by atoms with van der Waals surface area (Å²) in [5.74, 6) is -0.955. The highest BCUT2D eigenvalue weighted by molar-refractivity contribution is 5.96. The molecule has 0 N–H and O–H groups in total. The molecular weight excluding hydrogens is 352 g/mol. The lowest BCUT2D eigenvalue weighted by Crippen LogP contribution is -2.04. The minimum absolute atomic E-state index is 0.382. The highest BCUT2D eigenvalue weighted by Gasteiger charge is 2.12. The van der Waals surface area contributed by atoms with E-state index in [0.29, 0.717) is 11.1 Å². The number of ether oxygens (including phenoxy) is 2. The standard InChI is InChI=1S/C24H20O4/c1-27-23(25)15-13-21-16-20(12-14-22(21)24(26)28-2)19-10-8-18(9-11-19)17-6-4-3-5-7-17/h3-16H,1-2H3/b15-13+. The summed E-state index contributed by atoms with van der Waals surface area (Å²) in [6.45, 7) is 0. The van der Waals surface area contributed by atoms with Crippen LogP contribution < -0.4 is 0 Å². The predicted octanol–water partition coefficient (Wildman–Crippen LogP) is 4.99. The lowest BCUT2D eigenvalue weighted by atomic mass is 9.97. The molecule has 0 aliphatic rings. The Kier molecular flexibility index (Phi) is 6.02. The Balaban J connectivity index is 1.96. The van der Waals surface area contributed by atoms with E-state index in [0.717, 1.165) is 22.3 Å². The summed E-state index contributed by atoms with van der Waals surface area (Å²) in [4.78, 5) is 23.5. The number of hydrogen-bond acceptors (Lipinski definition) is 4. The summed E-state index contributed by atoms with van der Waals surface area (Å²) in [7, 11) is 2.63. The lowest BCUT2D eigenvalue weighted by Gasteiger charge is -2.09. The monoisotopic (exact) mass is 372 g/mol. The molecule has 140 valence electrons. The van der Waals surface area contributed by atoms with Crippen molar-refractivity contribution in [3.05, 3.63) is 90.0 Å². The Bertz CT molecular complexity index is 1000. The molecule has 0 amide bonds. The molecule has 4 heteroatoms. The van der Waals surface area contributed by atoms with Gasteiger partial charge in [0.15, 0.2) is 0 Å². The summed E-state index contributed by atoms with van der Waals surface area (Å²) >= 11 is 0. The van der Waals surface area contributed by atoms with Crippen LogP contribution in [0.1, 0.15) is 15.9 Å². The smallest absolute Gasteiger partial charge is 0.338 e. The molecule has 0 saturated carbocycles. The van der Waals surface area contributed by atoms with Crippen LogP contribution in [-0.2, 0) is 14.3 Å². The first-order chi connectivity index (χ1) is 13.6. The molecule has 3 aromatic carbocycles. The zero-order valence-electron chi connectivity index (χ0n) is 15.7. The third-order valence-corrected chi connectivity index (χ3v) is 4.38. The van der Waals surface area contributed by atoms with Gasteiger partial charge >= 0.3 is 11.9 Å². The zero-order valence-corrected chi connectivity index (χ0v) is 15.7. The molecule has 3 rings (SSSR count). The molecular formula is C24H20O4. The van der Waals surface area contributed by atoms with Gasteiger partial charge in [-0.1, -0.05) is 60.7 Å². The molecule has 0 unspecified atom stereocenters. The maximum Gasteiger partial charge on any atom is 0.338 e. The number of esters is 2. The van der Waals surface area contributed by atoms with E-state index < -0.39 is 11.9 Å². The van der Waals surface area contributed by atoms with Crippen LogP contribution in [0.25, 0.3) is 28.3 Å². The third-order valence-electron chi connectivity index (χ3n) is 4.38. The van der Waals surface area contributed by atoms with Gasteiger partial charge in [0.05, 0.1) is 19.8 Å². The lowest BCUT2D eigenvalue weighted by molar-refractivity contribution is -0.134. The van der Waals surface area contributed by atoms with E-state index in [9.17, 15) is 9.59 Å². The number of hydrogen-bond donors (Lipinski definition) is 0. The van der Waals surface area contributed by atoms with Crippen molar-refractivity contribution in [3.63, 3.8) is 0 Å². The Morgan fingerprint density at radius 3 is 1.89 bits per heavy atom. The number of carbonyl (C=O) groups excluding carboxylic acids is 2. The molecule has 0 fully saturated rings. The van der Waals surface area contributed by atoms with Gasteiger partial charge < -0.3 is 9.47 Å². The summed E-state index contributed by atoms with van der Waals surface area (Å²) in [5, 5.41) is 0. The summed E-state index contributed by atoms with van der Waals surface area (Å²) < 4.78 is 9.46. The van der Waals surface area contributed by atoms with Gasteiger partial charge in [-0.05, 0) is 46.0 Å². The second kappa shape index (κ2) is 8.82. The molecule has 0 heterocycles. The van der Waals surface area contributed by atoms with Gasteiger partial charge in [-0.3, -0.25) is 0 Å². The van der Waals surface area contributed by atoms with Crippen molar-refractivity contribution in [1.82, 2.24) is 0 Å². The first-order valence-corrected chi connectivity index (χ1v) is 8.76. The molecule has 0 aromatic heterocycles. The van der Waals surface area contributed by atoms with Gasteiger partial charge in [-0.2, -0.15) is 0 Å². The third kappa shape index (κ3) is 4.35. The highest BCUT2D eigenvalue weighted by atomic mass is 16.5. The van der Waals surface area contributed by atoms with Crippen molar-refractivity contribution in [2.75, 3.05) is 14.2 Å². The normalized spacial score (nSPS) is 10.6. The van der Waals surface area contributed by atoms with Crippen LogP contribution in [0, 0.1) is 0 Å². The number of benzene rings is 3. The molecule has 0 spiro atoms. The Labute approximate surface area is 164 Å². The Hall–Kier alpha value is -3.66. The van der Waals surface area contributed by atoms with E-state index in [1.54, 1.807) is 12.1 Å². The Morgan fingerprint density at radius 1 is 0.714 bits per heavy atom. The van der Waals surface area contributed by atoms with E-state index >= 15 is 0 Å². The first kappa shape index (κ1) is 19.1. The van der Waals surface area contributed by atoms with Gasteiger partial charge in [-0.25, -0.2) is 9.59 Å². The van der Waals surface area contributed by atoms with Crippen molar-refractivity contribution in [3.8, 4) is 22.3 Å². The van der Waals surface area contributed by atoms with Crippen LogP contribution in [0.2, 0.25) is 0 Å². The van der Waals surface area contributed by atoms with E-state index in [-0.39, 0.29) is 0 Å². The maximum atomic E-state index is 12.0.